The standard InChI is InChI=1S/C20H21N3O3/c1-13-12-21-17(11-16(13)23-14(2)7-5-9-18(23)24)22-10-6-8-15(19(22)25)20(3,4)26/h5-12,26H,1-4H3. The fraction of sp³-hybridized carbons (Fsp3) is 0.250. The van der Waals surface area contributed by atoms with Gasteiger partial charge in [0, 0.05) is 35.8 Å². The van der Waals surface area contributed by atoms with E-state index in [1.54, 1.807) is 55.1 Å². The minimum absolute atomic E-state index is 0.150. The van der Waals surface area contributed by atoms with Crippen molar-refractivity contribution in [1.82, 2.24) is 14.1 Å². The summed E-state index contributed by atoms with van der Waals surface area (Å²) in [4.78, 5) is 29.5. The zero-order valence-electron chi connectivity index (χ0n) is 15.2. The van der Waals surface area contributed by atoms with Gasteiger partial charge in [-0.3, -0.25) is 18.7 Å². The van der Waals surface area contributed by atoms with Crippen LogP contribution < -0.4 is 11.1 Å². The predicted octanol–water partition coefficient (Wildman–Crippen LogP) is 2.23. The Morgan fingerprint density at radius 1 is 1.08 bits per heavy atom. The van der Waals surface area contributed by atoms with Gasteiger partial charge in [-0.2, -0.15) is 0 Å². The van der Waals surface area contributed by atoms with E-state index >= 15 is 0 Å². The normalized spacial score (nSPS) is 11.6. The van der Waals surface area contributed by atoms with Gasteiger partial charge in [0.25, 0.3) is 11.1 Å². The summed E-state index contributed by atoms with van der Waals surface area (Å²) in [6.07, 6.45) is 3.23. The molecule has 0 aromatic carbocycles. The zero-order valence-corrected chi connectivity index (χ0v) is 15.2. The van der Waals surface area contributed by atoms with Crippen LogP contribution >= 0.6 is 0 Å². The molecule has 0 unspecified atom stereocenters. The molecule has 0 aliphatic rings. The summed E-state index contributed by atoms with van der Waals surface area (Å²) in [6, 6.07) is 10.0. The number of pyridine rings is 3. The first-order valence-electron chi connectivity index (χ1n) is 8.31. The molecule has 0 aliphatic heterocycles. The number of aliphatic hydroxyl groups is 1. The molecule has 0 radical (unpaired) electrons. The van der Waals surface area contributed by atoms with Crippen LogP contribution in [0.3, 0.4) is 0 Å². The van der Waals surface area contributed by atoms with Crippen molar-refractivity contribution < 1.29 is 5.11 Å². The van der Waals surface area contributed by atoms with Gasteiger partial charge in [-0.25, -0.2) is 4.98 Å². The highest BCUT2D eigenvalue weighted by molar-refractivity contribution is 5.46. The first-order chi connectivity index (χ1) is 12.2. The molecule has 134 valence electrons. The Morgan fingerprint density at radius 3 is 2.46 bits per heavy atom. The van der Waals surface area contributed by atoms with Crippen LogP contribution in [0.25, 0.3) is 11.5 Å². The molecular weight excluding hydrogens is 330 g/mol. The lowest BCUT2D eigenvalue weighted by Gasteiger charge is -2.18. The quantitative estimate of drug-likeness (QED) is 0.785. The van der Waals surface area contributed by atoms with Gasteiger partial charge in [-0.05, 0) is 51.5 Å². The Labute approximate surface area is 151 Å². The van der Waals surface area contributed by atoms with E-state index in [1.807, 2.05) is 19.9 Å². The first kappa shape index (κ1) is 17.8. The molecule has 0 saturated carbocycles. The summed E-state index contributed by atoms with van der Waals surface area (Å²) < 4.78 is 2.96. The number of hydrogen-bond donors (Lipinski definition) is 1. The molecule has 0 aliphatic carbocycles. The molecule has 3 aromatic heterocycles. The smallest absolute Gasteiger partial charge is 0.262 e. The van der Waals surface area contributed by atoms with Gasteiger partial charge in [0.1, 0.15) is 5.82 Å². The van der Waals surface area contributed by atoms with Crippen molar-refractivity contribution in [3.63, 3.8) is 0 Å². The molecule has 0 atom stereocenters. The molecule has 0 amide bonds. The van der Waals surface area contributed by atoms with Crippen molar-refractivity contribution in [3.8, 4) is 11.5 Å². The topological polar surface area (TPSA) is 77.1 Å². The van der Waals surface area contributed by atoms with Crippen LogP contribution in [0.15, 0.2) is 58.4 Å². The fourth-order valence-electron chi connectivity index (χ4n) is 2.92. The number of nitrogens with zero attached hydrogens (tertiary/aromatic N) is 3. The molecule has 6 heteroatoms. The van der Waals surface area contributed by atoms with Gasteiger partial charge in [-0.1, -0.05) is 6.07 Å². The molecule has 26 heavy (non-hydrogen) atoms. The summed E-state index contributed by atoms with van der Waals surface area (Å²) in [5.74, 6) is 0.386. The van der Waals surface area contributed by atoms with Crippen LogP contribution in [-0.4, -0.2) is 19.2 Å². The van der Waals surface area contributed by atoms with Gasteiger partial charge >= 0.3 is 0 Å². The fourth-order valence-corrected chi connectivity index (χ4v) is 2.92. The van der Waals surface area contributed by atoms with E-state index in [0.29, 0.717) is 11.5 Å². The molecule has 0 spiro atoms. The summed E-state index contributed by atoms with van der Waals surface area (Å²) in [6.45, 7) is 6.84. The highest BCUT2D eigenvalue weighted by Gasteiger charge is 2.21. The van der Waals surface area contributed by atoms with Gasteiger partial charge in [0.15, 0.2) is 0 Å². The Kier molecular flexibility index (Phi) is 4.38. The number of hydrogen-bond acceptors (Lipinski definition) is 4. The lowest BCUT2D eigenvalue weighted by molar-refractivity contribution is 0.0768. The van der Waals surface area contributed by atoms with Gasteiger partial charge in [-0.15, -0.1) is 0 Å². The van der Waals surface area contributed by atoms with E-state index < -0.39 is 5.60 Å². The second kappa shape index (κ2) is 6.38. The molecule has 3 rings (SSSR count). The van der Waals surface area contributed by atoms with Crippen molar-refractivity contribution in [3.05, 3.63) is 86.3 Å². The van der Waals surface area contributed by atoms with Crippen LogP contribution in [0, 0.1) is 13.8 Å². The van der Waals surface area contributed by atoms with Gasteiger partial charge < -0.3 is 5.11 Å². The number of rotatable bonds is 3. The summed E-state index contributed by atoms with van der Waals surface area (Å²) in [5, 5.41) is 10.2. The van der Waals surface area contributed by atoms with Crippen molar-refractivity contribution in [1.29, 1.82) is 0 Å². The van der Waals surface area contributed by atoms with Crippen LogP contribution in [0.2, 0.25) is 0 Å². The van der Waals surface area contributed by atoms with E-state index in [2.05, 4.69) is 4.98 Å². The third-order valence-corrected chi connectivity index (χ3v) is 4.30. The summed E-state index contributed by atoms with van der Waals surface area (Å²) in [5.41, 5.74) is 0.783. The lowest BCUT2D eigenvalue weighted by Crippen LogP contribution is -2.31. The highest BCUT2D eigenvalue weighted by Crippen LogP contribution is 2.18. The molecule has 1 N–H and O–H groups in total. The third-order valence-electron chi connectivity index (χ3n) is 4.30. The minimum Gasteiger partial charge on any atom is -0.386 e. The Balaban J connectivity index is 2.25. The predicted molar refractivity (Wildman–Crippen MR) is 100 cm³/mol. The number of aromatic nitrogens is 3. The molecule has 0 saturated heterocycles. The maximum atomic E-state index is 12.8. The first-order valence-corrected chi connectivity index (χ1v) is 8.31. The highest BCUT2D eigenvalue weighted by atomic mass is 16.3. The number of aryl methyl sites for hydroxylation is 2. The van der Waals surface area contributed by atoms with Crippen molar-refractivity contribution in [2.24, 2.45) is 0 Å². The lowest BCUT2D eigenvalue weighted by atomic mass is 10.0. The maximum Gasteiger partial charge on any atom is 0.262 e. The monoisotopic (exact) mass is 351 g/mol. The second-order valence-electron chi connectivity index (χ2n) is 6.83. The average Bonchev–Trinajstić information content (AvgIpc) is 2.55. The van der Waals surface area contributed by atoms with E-state index in [9.17, 15) is 14.7 Å². The zero-order chi connectivity index (χ0) is 19.1. The van der Waals surface area contributed by atoms with Crippen molar-refractivity contribution in [2.75, 3.05) is 0 Å². The molecule has 3 aromatic rings. The molecule has 0 bridgehead atoms. The Bertz CT molecular complexity index is 1090. The molecule has 3 heterocycles. The van der Waals surface area contributed by atoms with Crippen LogP contribution in [0.4, 0.5) is 0 Å². The Morgan fingerprint density at radius 2 is 1.81 bits per heavy atom. The molecular formula is C20H21N3O3. The average molecular weight is 351 g/mol. The van der Waals surface area contributed by atoms with Gasteiger partial charge in [0.05, 0.1) is 11.3 Å². The Hall–Kier alpha value is -2.99. The maximum absolute atomic E-state index is 12.8. The second-order valence-corrected chi connectivity index (χ2v) is 6.83. The van der Waals surface area contributed by atoms with Crippen LogP contribution in [0.1, 0.15) is 30.7 Å². The van der Waals surface area contributed by atoms with E-state index in [0.717, 1.165) is 11.3 Å². The summed E-state index contributed by atoms with van der Waals surface area (Å²) >= 11 is 0. The summed E-state index contributed by atoms with van der Waals surface area (Å²) in [7, 11) is 0. The van der Waals surface area contributed by atoms with E-state index in [1.165, 1.54) is 10.6 Å². The van der Waals surface area contributed by atoms with Crippen LogP contribution in [0.5, 0.6) is 0 Å². The van der Waals surface area contributed by atoms with E-state index in [4.69, 9.17) is 0 Å². The molecule has 6 nitrogen and oxygen atoms in total. The van der Waals surface area contributed by atoms with E-state index in [-0.39, 0.29) is 16.7 Å². The van der Waals surface area contributed by atoms with Crippen LogP contribution in [-0.2, 0) is 5.60 Å². The van der Waals surface area contributed by atoms with Gasteiger partial charge in [0.2, 0.25) is 0 Å². The van der Waals surface area contributed by atoms with Crippen molar-refractivity contribution >= 4 is 0 Å². The SMILES string of the molecule is Cc1cnc(-n2cccc(C(C)(C)O)c2=O)cc1-n1c(C)cccc1=O. The van der Waals surface area contributed by atoms with Crippen molar-refractivity contribution in [2.45, 2.75) is 33.3 Å². The third kappa shape index (κ3) is 3.11. The molecule has 0 fully saturated rings. The largest absolute Gasteiger partial charge is 0.386 e. The minimum atomic E-state index is -1.26.